The molecular formula is C29H38FN7O6. The van der Waals surface area contributed by atoms with Crippen molar-refractivity contribution in [3.8, 4) is 11.1 Å². The summed E-state index contributed by atoms with van der Waals surface area (Å²) in [5.41, 5.74) is 15.3. The van der Waals surface area contributed by atoms with E-state index >= 15 is 4.39 Å². The van der Waals surface area contributed by atoms with Crippen LogP contribution in [0.4, 0.5) is 15.8 Å². The molecule has 13 nitrogen and oxygen atoms in total. The first-order valence-electron chi connectivity index (χ1n) is 13.8. The number of likely N-dealkylation sites (N-methyl/N-ethyl adjacent to an activating group) is 1. The maximum Gasteiger partial charge on any atom is 0.245 e. The van der Waals surface area contributed by atoms with Gasteiger partial charge in [0, 0.05) is 55.5 Å². The molecule has 1 aromatic carbocycles. The SMILES string of the molecule is CNC(=O)COCCOCCOCCNC(=O)CCCC(=O)N/C(N)=C/c1cc(-c2cncc(N)c2C)c(F)c2c1C=N2. The van der Waals surface area contributed by atoms with Crippen molar-refractivity contribution in [1.82, 2.24) is 20.9 Å². The van der Waals surface area contributed by atoms with Crippen LogP contribution in [0.2, 0.25) is 0 Å². The fraction of sp³-hybridized carbons (Fsp3) is 0.414. The number of nitrogen functional groups attached to an aromatic ring is 1. The van der Waals surface area contributed by atoms with Crippen LogP contribution in [-0.4, -0.2) is 82.2 Å². The van der Waals surface area contributed by atoms with E-state index in [9.17, 15) is 14.4 Å². The lowest BCUT2D eigenvalue weighted by atomic mass is 9.93. The molecule has 43 heavy (non-hydrogen) atoms. The molecule has 14 heteroatoms. The van der Waals surface area contributed by atoms with Gasteiger partial charge in [-0.15, -0.1) is 0 Å². The molecule has 232 valence electrons. The number of pyridine rings is 1. The first-order valence-corrected chi connectivity index (χ1v) is 13.8. The standard InChI is InChI=1S/C29H38FN7O6/c1-18-21(14-34-16-23(18)31)20-12-19(22-15-36-29(22)28(20)30)13-24(32)37-26(39)5-3-4-25(38)35-6-7-41-8-9-42-10-11-43-17-27(40)33-2/h12-16H,3-11,17,31-32H2,1-2H3,(H,33,40)(H,35,38)(H,37,39)/b24-13+. The maximum atomic E-state index is 15.1. The second kappa shape index (κ2) is 16.9. The third kappa shape index (κ3) is 10.1. The number of hydrogen-bond donors (Lipinski definition) is 5. The molecule has 0 spiro atoms. The summed E-state index contributed by atoms with van der Waals surface area (Å²) in [5, 5.41) is 7.78. The number of carbonyl (C=O) groups excluding carboxylic acids is 3. The Balaban J connectivity index is 1.33. The van der Waals surface area contributed by atoms with Gasteiger partial charge in [0.25, 0.3) is 0 Å². The summed E-state index contributed by atoms with van der Waals surface area (Å²) < 4.78 is 30.9. The van der Waals surface area contributed by atoms with Crippen molar-refractivity contribution in [2.45, 2.75) is 26.2 Å². The minimum absolute atomic E-state index is 0.00778. The van der Waals surface area contributed by atoms with Crippen LogP contribution in [0.25, 0.3) is 17.2 Å². The molecule has 0 radical (unpaired) electrons. The van der Waals surface area contributed by atoms with Gasteiger partial charge in [0.1, 0.15) is 18.1 Å². The van der Waals surface area contributed by atoms with Crippen molar-refractivity contribution in [1.29, 1.82) is 0 Å². The lowest BCUT2D eigenvalue weighted by Gasteiger charge is -2.18. The lowest BCUT2D eigenvalue weighted by molar-refractivity contribution is -0.126. The van der Waals surface area contributed by atoms with E-state index in [1.807, 2.05) is 0 Å². The van der Waals surface area contributed by atoms with Gasteiger partial charge in [0.2, 0.25) is 17.7 Å². The molecule has 2 heterocycles. The van der Waals surface area contributed by atoms with Crippen molar-refractivity contribution in [2.24, 2.45) is 10.7 Å². The summed E-state index contributed by atoms with van der Waals surface area (Å²) >= 11 is 0. The van der Waals surface area contributed by atoms with E-state index in [0.717, 1.165) is 0 Å². The van der Waals surface area contributed by atoms with Crippen LogP contribution in [-0.2, 0) is 28.6 Å². The lowest BCUT2D eigenvalue weighted by Crippen LogP contribution is -2.29. The number of halogens is 1. The predicted octanol–water partition coefficient (Wildman–Crippen LogP) is 1.30. The number of nitrogens with zero attached hydrogens (tertiary/aromatic N) is 2. The summed E-state index contributed by atoms with van der Waals surface area (Å²) in [6.07, 6.45) is 6.68. The number of anilines is 1. The van der Waals surface area contributed by atoms with Gasteiger partial charge in [-0.1, -0.05) is 0 Å². The number of nitrogens with two attached hydrogens (primary N) is 2. The van der Waals surface area contributed by atoms with Crippen LogP contribution in [0.3, 0.4) is 0 Å². The van der Waals surface area contributed by atoms with Gasteiger partial charge in [-0.05, 0) is 36.6 Å². The van der Waals surface area contributed by atoms with Crippen molar-refractivity contribution in [3.05, 3.63) is 46.8 Å². The number of hydrogen-bond acceptors (Lipinski definition) is 10. The van der Waals surface area contributed by atoms with Crippen molar-refractivity contribution in [2.75, 3.05) is 59.0 Å². The second-order valence-electron chi connectivity index (χ2n) is 9.55. The van der Waals surface area contributed by atoms with Gasteiger partial charge in [0.05, 0.1) is 44.9 Å². The number of benzene rings is 1. The Bertz CT molecular complexity index is 1370. The predicted molar refractivity (Wildman–Crippen MR) is 160 cm³/mol. The van der Waals surface area contributed by atoms with Gasteiger partial charge >= 0.3 is 0 Å². The van der Waals surface area contributed by atoms with Crippen LogP contribution in [0.15, 0.2) is 29.3 Å². The molecule has 1 aliphatic rings. The number of rotatable bonds is 18. The van der Waals surface area contributed by atoms with Crippen LogP contribution in [0, 0.1) is 12.7 Å². The average Bonchev–Trinajstić information content (AvgIpc) is 2.94. The Kier molecular flexibility index (Phi) is 13.0. The molecule has 0 saturated heterocycles. The Morgan fingerprint density at radius 3 is 2.37 bits per heavy atom. The van der Waals surface area contributed by atoms with Crippen LogP contribution in [0.5, 0.6) is 0 Å². The van der Waals surface area contributed by atoms with Crippen molar-refractivity contribution >= 4 is 41.4 Å². The van der Waals surface area contributed by atoms with Gasteiger partial charge < -0.3 is 41.6 Å². The van der Waals surface area contributed by atoms with E-state index in [4.69, 9.17) is 25.7 Å². The summed E-state index contributed by atoms with van der Waals surface area (Å²) in [5.74, 6) is -1.16. The summed E-state index contributed by atoms with van der Waals surface area (Å²) in [6, 6.07) is 1.62. The van der Waals surface area contributed by atoms with E-state index < -0.39 is 5.82 Å². The number of nitrogens with one attached hydrogen (secondary N) is 3. The summed E-state index contributed by atoms with van der Waals surface area (Å²) in [6.45, 7) is 3.78. The third-order valence-electron chi connectivity index (χ3n) is 6.40. The Hall–Kier alpha value is -4.40. The molecule has 0 saturated carbocycles. The van der Waals surface area contributed by atoms with E-state index in [1.165, 1.54) is 25.7 Å². The highest BCUT2D eigenvalue weighted by Crippen LogP contribution is 2.40. The zero-order valence-electron chi connectivity index (χ0n) is 24.3. The highest BCUT2D eigenvalue weighted by Gasteiger charge is 2.23. The smallest absolute Gasteiger partial charge is 0.245 e. The summed E-state index contributed by atoms with van der Waals surface area (Å²) in [4.78, 5) is 43.5. The Labute approximate surface area is 249 Å². The second-order valence-corrected chi connectivity index (χ2v) is 9.55. The number of aromatic nitrogens is 1. The third-order valence-corrected chi connectivity index (χ3v) is 6.40. The molecule has 0 aliphatic carbocycles. The molecule has 3 rings (SSSR count). The minimum Gasteiger partial charge on any atom is -0.397 e. The van der Waals surface area contributed by atoms with Crippen LogP contribution in [0.1, 0.15) is 36.0 Å². The molecule has 0 fully saturated rings. The molecule has 1 aliphatic heterocycles. The van der Waals surface area contributed by atoms with E-state index in [1.54, 1.807) is 19.1 Å². The maximum absolute atomic E-state index is 15.1. The highest BCUT2D eigenvalue weighted by molar-refractivity contribution is 6.02. The van der Waals surface area contributed by atoms with E-state index in [2.05, 4.69) is 25.9 Å². The molecule has 3 amide bonds. The molecule has 2 aromatic rings. The largest absolute Gasteiger partial charge is 0.397 e. The molecule has 0 bridgehead atoms. The minimum atomic E-state index is -0.482. The van der Waals surface area contributed by atoms with Gasteiger partial charge in [-0.3, -0.25) is 24.4 Å². The topological polar surface area (TPSA) is 192 Å². The zero-order valence-corrected chi connectivity index (χ0v) is 24.3. The first-order chi connectivity index (χ1) is 20.7. The molecule has 1 aromatic heterocycles. The van der Waals surface area contributed by atoms with Crippen molar-refractivity contribution < 1.29 is 33.0 Å². The molecular weight excluding hydrogens is 561 g/mol. The number of amides is 3. The van der Waals surface area contributed by atoms with Gasteiger partial charge in [-0.2, -0.15) is 0 Å². The normalized spacial score (nSPS) is 11.9. The van der Waals surface area contributed by atoms with Gasteiger partial charge in [0.15, 0.2) is 5.82 Å². The van der Waals surface area contributed by atoms with Gasteiger partial charge in [-0.25, -0.2) is 4.39 Å². The molecule has 7 N–H and O–H groups in total. The zero-order chi connectivity index (χ0) is 31.2. The number of fused-ring (bicyclic) bond motifs is 1. The number of carbonyl (C=O) groups is 3. The quantitative estimate of drug-likeness (QED) is 0.134. The Morgan fingerprint density at radius 2 is 1.67 bits per heavy atom. The highest BCUT2D eigenvalue weighted by atomic mass is 19.1. The summed E-state index contributed by atoms with van der Waals surface area (Å²) in [7, 11) is 1.54. The van der Waals surface area contributed by atoms with Crippen LogP contribution < -0.4 is 27.4 Å². The number of ether oxygens (including phenoxy) is 3. The van der Waals surface area contributed by atoms with Crippen molar-refractivity contribution in [3.63, 3.8) is 0 Å². The van der Waals surface area contributed by atoms with E-state index in [0.29, 0.717) is 73.9 Å². The fourth-order valence-corrected chi connectivity index (χ4v) is 4.00. The molecule has 0 unspecified atom stereocenters. The van der Waals surface area contributed by atoms with E-state index in [-0.39, 0.29) is 54.2 Å². The first kappa shape index (κ1) is 33.1. The molecule has 0 atom stereocenters. The fourth-order valence-electron chi connectivity index (χ4n) is 4.00. The Morgan fingerprint density at radius 1 is 0.977 bits per heavy atom. The monoisotopic (exact) mass is 599 g/mol. The average molecular weight is 600 g/mol. The number of aliphatic imine (C=N–C) groups is 1. The van der Waals surface area contributed by atoms with Crippen LogP contribution >= 0.6 is 0 Å².